The Hall–Kier alpha value is -2.48. The number of nitrogens with zero attached hydrogens (tertiary/aromatic N) is 4. The molecule has 0 unspecified atom stereocenters. The quantitative estimate of drug-likeness (QED) is 0.886. The number of hydrogen-bond acceptors (Lipinski definition) is 6. The summed E-state index contributed by atoms with van der Waals surface area (Å²) in [7, 11) is 0. The maximum atomic E-state index is 12.7. The lowest BCUT2D eigenvalue weighted by Gasteiger charge is -2.33. The fourth-order valence-electron chi connectivity index (χ4n) is 2.63. The third-order valence-electron chi connectivity index (χ3n) is 4.01. The second kappa shape index (κ2) is 7.60. The molecule has 1 aliphatic heterocycles. The van der Waals surface area contributed by atoms with Crippen molar-refractivity contribution in [3.63, 3.8) is 0 Å². The predicted octanol–water partition coefficient (Wildman–Crippen LogP) is 1.69. The van der Waals surface area contributed by atoms with Gasteiger partial charge in [0.25, 0.3) is 5.91 Å². The lowest BCUT2D eigenvalue weighted by molar-refractivity contribution is -0.146. The van der Waals surface area contributed by atoms with Crippen molar-refractivity contribution in [3.8, 4) is 5.75 Å². The van der Waals surface area contributed by atoms with E-state index in [0.29, 0.717) is 31.3 Å². The van der Waals surface area contributed by atoms with Crippen molar-refractivity contribution in [2.24, 2.45) is 0 Å². The van der Waals surface area contributed by atoms with Crippen LogP contribution in [0.2, 0.25) is 0 Å². The van der Waals surface area contributed by atoms with Crippen LogP contribution in [0.1, 0.15) is 44.4 Å². The zero-order valence-corrected chi connectivity index (χ0v) is 14.7. The van der Waals surface area contributed by atoms with Crippen LogP contribution in [0.15, 0.2) is 24.5 Å². The summed E-state index contributed by atoms with van der Waals surface area (Å²) in [5.74, 6) is 2.13. The van der Waals surface area contributed by atoms with Crippen LogP contribution in [0.5, 0.6) is 5.75 Å². The molecule has 1 fully saturated rings. The number of hydrogen-bond donors (Lipinski definition) is 1. The Morgan fingerprint density at radius 2 is 2.28 bits per heavy atom. The van der Waals surface area contributed by atoms with Gasteiger partial charge in [0, 0.05) is 18.7 Å². The number of rotatable bonds is 5. The maximum Gasteiger partial charge on any atom is 0.263 e. The molecule has 25 heavy (non-hydrogen) atoms. The van der Waals surface area contributed by atoms with Gasteiger partial charge in [-0.05, 0) is 19.1 Å². The SMILES string of the molecule is CC(C)c1n[nH]c([C@@H]2CN(C(=O)[C@@H](C)Oc3cccnc3)CCO2)n1. The summed E-state index contributed by atoms with van der Waals surface area (Å²) in [4.78, 5) is 22.9. The molecule has 134 valence electrons. The highest BCUT2D eigenvalue weighted by atomic mass is 16.5. The van der Waals surface area contributed by atoms with Crippen LogP contribution in [-0.4, -0.2) is 56.8 Å². The molecule has 2 aromatic heterocycles. The lowest BCUT2D eigenvalue weighted by Crippen LogP contribution is -2.47. The number of H-pyrrole nitrogens is 1. The molecular formula is C17H23N5O3. The second-order valence-electron chi connectivity index (χ2n) is 6.33. The minimum atomic E-state index is -0.594. The van der Waals surface area contributed by atoms with Crippen LogP contribution in [-0.2, 0) is 9.53 Å². The fourth-order valence-corrected chi connectivity index (χ4v) is 2.63. The minimum absolute atomic E-state index is 0.0826. The second-order valence-corrected chi connectivity index (χ2v) is 6.33. The van der Waals surface area contributed by atoms with Crippen molar-refractivity contribution >= 4 is 5.91 Å². The van der Waals surface area contributed by atoms with E-state index < -0.39 is 6.10 Å². The van der Waals surface area contributed by atoms with Crippen molar-refractivity contribution in [2.45, 2.75) is 38.9 Å². The fraction of sp³-hybridized carbons (Fsp3) is 0.529. The molecule has 8 heteroatoms. The highest BCUT2D eigenvalue weighted by Gasteiger charge is 2.31. The van der Waals surface area contributed by atoms with Crippen LogP contribution in [0.3, 0.4) is 0 Å². The largest absolute Gasteiger partial charge is 0.479 e. The van der Waals surface area contributed by atoms with Gasteiger partial charge in [0.2, 0.25) is 0 Å². The first kappa shape index (κ1) is 17.3. The molecule has 1 aliphatic rings. The number of aromatic nitrogens is 4. The lowest BCUT2D eigenvalue weighted by atomic mass is 10.2. The molecule has 0 aliphatic carbocycles. The van der Waals surface area contributed by atoms with Crippen molar-refractivity contribution < 1.29 is 14.3 Å². The Morgan fingerprint density at radius 3 is 2.96 bits per heavy atom. The van der Waals surface area contributed by atoms with Crippen molar-refractivity contribution in [1.82, 2.24) is 25.1 Å². The number of ether oxygens (including phenoxy) is 2. The number of pyridine rings is 1. The Balaban J connectivity index is 1.62. The Kier molecular flexibility index (Phi) is 5.28. The number of carbonyl (C=O) groups is 1. The average Bonchev–Trinajstić information content (AvgIpc) is 3.12. The van der Waals surface area contributed by atoms with Crippen molar-refractivity contribution in [3.05, 3.63) is 36.2 Å². The number of nitrogens with one attached hydrogen (secondary N) is 1. The van der Waals surface area contributed by atoms with Gasteiger partial charge in [0.05, 0.1) is 19.3 Å². The van der Waals surface area contributed by atoms with Crippen LogP contribution in [0, 0.1) is 0 Å². The Morgan fingerprint density at radius 1 is 1.44 bits per heavy atom. The van der Waals surface area contributed by atoms with E-state index in [1.165, 1.54) is 0 Å². The minimum Gasteiger partial charge on any atom is -0.479 e. The first-order chi connectivity index (χ1) is 12.0. The van der Waals surface area contributed by atoms with Gasteiger partial charge in [0.1, 0.15) is 11.9 Å². The molecule has 3 heterocycles. The van der Waals surface area contributed by atoms with Crippen LogP contribution in [0.4, 0.5) is 0 Å². The van der Waals surface area contributed by atoms with E-state index in [1.54, 1.807) is 36.4 Å². The molecular weight excluding hydrogens is 322 g/mol. The van der Waals surface area contributed by atoms with Gasteiger partial charge in [-0.3, -0.25) is 14.9 Å². The van der Waals surface area contributed by atoms with Crippen LogP contribution in [0.25, 0.3) is 0 Å². The van der Waals surface area contributed by atoms with E-state index in [0.717, 1.165) is 5.82 Å². The summed E-state index contributed by atoms with van der Waals surface area (Å²) < 4.78 is 11.4. The van der Waals surface area contributed by atoms with E-state index in [-0.39, 0.29) is 17.9 Å². The van der Waals surface area contributed by atoms with Gasteiger partial charge >= 0.3 is 0 Å². The number of amides is 1. The summed E-state index contributed by atoms with van der Waals surface area (Å²) in [6.07, 6.45) is 2.36. The van der Waals surface area contributed by atoms with Crippen molar-refractivity contribution in [2.75, 3.05) is 19.7 Å². The molecule has 1 saturated heterocycles. The van der Waals surface area contributed by atoms with Crippen LogP contribution >= 0.6 is 0 Å². The summed E-state index contributed by atoms with van der Waals surface area (Å²) in [6, 6.07) is 3.55. The first-order valence-electron chi connectivity index (χ1n) is 8.44. The van der Waals surface area contributed by atoms with E-state index in [2.05, 4.69) is 20.2 Å². The standard InChI is InChI=1S/C17H23N5O3/c1-11(2)15-19-16(21-20-15)14-10-22(7-8-24-14)17(23)12(3)25-13-5-4-6-18-9-13/h4-6,9,11-12,14H,7-8,10H2,1-3H3,(H,19,20,21)/t12-,14+/m1/s1. The zero-order chi connectivity index (χ0) is 17.8. The van der Waals surface area contributed by atoms with Gasteiger partial charge in [-0.25, -0.2) is 4.98 Å². The Labute approximate surface area is 146 Å². The summed E-state index contributed by atoms with van der Waals surface area (Å²) in [6.45, 7) is 7.20. The third-order valence-corrected chi connectivity index (χ3v) is 4.01. The molecule has 1 N–H and O–H groups in total. The van der Waals surface area contributed by atoms with E-state index >= 15 is 0 Å². The molecule has 0 saturated carbocycles. The molecule has 1 amide bonds. The molecule has 0 bridgehead atoms. The third kappa shape index (κ3) is 4.14. The molecule has 0 spiro atoms. The molecule has 0 aromatic carbocycles. The topological polar surface area (TPSA) is 93.2 Å². The van der Waals surface area contributed by atoms with Gasteiger partial charge in [-0.15, -0.1) is 0 Å². The monoisotopic (exact) mass is 345 g/mol. The number of carbonyl (C=O) groups excluding carboxylic acids is 1. The maximum absolute atomic E-state index is 12.7. The smallest absolute Gasteiger partial charge is 0.263 e. The average molecular weight is 345 g/mol. The number of aromatic amines is 1. The van der Waals surface area contributed by atoms with E-state index in [4.69, 9.17) is 9.47 Å². The predicted molar refractivity (Wildman–Crippen MR) is 90.1 cm³/mol. The highest BCUT2D eigenvalue weighted by molar-refractivity contribution is 5.81. The Bertz CT molecular complexity index is 703. The van der Waals surface area contributed by atoms with Gasteiger partial charge in [-0.2, -0.15) is 5.10 Å². The highest BCUT2D eigenvalue weighted by Crippen LogP contribution is 2.21. The molecule has 8 nitrogen and oxygen atoms in total. The van der Waals surface area contributed by atoms with E-state index in [9.17, 15) is 4.79 Å². The van der Waals surface area contributed by atoms with Gasteiger partial charge in [0.15, 0.2) is 17.8 Å². The summed E-state index contributed by atoms with van der Waals surface area (Å²) in [5.41, 5.74) is 0. The summed E-state index contributed by atoms with van der Waals surface area (Å²) in [5, 5.41) is 7.12. The zero-order valence-electron chi connectivity index (χ0n) is 14.7. The van der Waals surface area contributed by atoms with E-state index in [1.807, 2.05) is 13.8 Å². The van der Waals surface area contributed by atoms with Gasteiger partial charge in [-0.1, -0.05) is 13.8 Å². The van der Waals surface area contributed by atoms with Crippen molar-refractivity contribution in [1.29, 1.82) is 0 Å². The summed E-state index contributed by atoms with van der Waals surface area (Å²) >= 11 is 0. The van der Waals surface area contributed by atoms with Gasteiger partial charge < -0.3 is 14.4 Å². The normalized spacial score (nSPS) is 19.0. The van der Waals surface area contributed by atoms with Crippen LogP contribution < -0.4 is 4.74 Å². The molecule has 0 radical (unpaired) electrons. The number of morpholine rings is 1. The molecule has 3 rings (SSSR count). The first-order valence-corrected chi connectivity index (χ1v) is 8.44. The molecule has 2 aromatic rings. The molecule has 2 atom stereocenters.